The highest BCUT2D eigenvalue weighted by atomic mass is 16.2. The minimum absolute atomic E-state index is 0.0990. The molecular formula is C14H19N5O. The summed E-state index contributed by atoms with van der Waals surface area (Å²) in [7, 11) is 0. The third kappa shape index (κ3) is 3.63. The van der Waals surface area contributed by atoms with Crippen LogP contribution in [-0.4, -0.2) is 32.7 Å². The minimum atomic E-state index is -0.123. The van der Waals surface area contributed by atoms with Gasteiger partial charge in [0.2, 0.25) is 5.91 Å². The number of nitrogens with one attached hydrogen (secondary N) is 1. The molecule has 0 spiro atoms. The predicted molar refractivity (Wildman–Crippen MR) is 75.0 cm³/mol. The first-order chi connectivity index (χ1) is 9.47. The minimum Gasteiger partial charge on any atom is -0.354 e. The Bertz CT molecular complexity index is 577. The van der Waals surface area contributed by atoms with Gasteiger partial charge in [-0.15, -0.1) is 5.10 Å². The van der Waals surface area contributed by atoms with E-state index in [0.29, 0.717) is 6.54 Å². The molecule has 1 aromatic heterocycles. The zero-order chi connectivity index (χ0) is 14.6. The van der Waals surface area contributed by atoms with Crippen molar-refractivity contribution in [3.05, 3.63) is 41.7 Å². The van der Waals surface area contributed by atoms with Crippen LogP contribution in [0.3, 0.4) is 0 Å². The summed E-state index contributed by atoms with van der Waals surface area (Å²) in [5.74, 6) is -0.0990. The summed E-state index contributed by atoms with van der Waals surface area (Å²) < 4.78 is 1.40. The van der Waals surface area contributed by atoms with Gasteiger partial charge in [0.1, 0.15) is 12.9 Å². The number of aromatic nitrogens is 4. The lowest BCUT2D eigenvalue weighted by Gasteiger charge is -2.26. The molecule has 106 valence electrons. The molecule has 6 nitrogen and oxygen atoms in total. The normalized spacial score (nSPS) is 11.3. The van der Waals surface area contributed by atoms with Gasteiger partial charge in [-0.25, -0.2) is 4.68 Å². The van der Waals surface area contributed by atoms with Gasteiger partial charge in [-0.2, -0.15) is 0 Å². The molecule has 0 saturated heterocycles. The van der Waals surface area contributed by atoms with Crippen LogP contribution in [0.4, 0.5) is 0 Å². The maximum Gasteiger partial charge on any atom is 0.241 e. The lowest BCUT2D eigenvalue weighted by atomic mass is 9.84. The third-order valence-corrected chi connectivity index (χ3v) is 3.22. The van der Waals surface area contributed by atoms with Crippen LogP contribution >= 0.6 is 0 Å². The number of carbonyl (C=O) groups is 1. The Morgan fingerprint density at radius 1 is 1.40 bits per heavy atom. The number of carbonyl (C=O) groups excluding carboxylic acids is 1. The molecule has 0 aliphatic carbocycles. The number of benzene rings is 1. The molecule has 1 heterocycles. The summed E-state index contributed by atoms with van der Waals surface area (Å²) in [5, 5.41) is 13.6. The number of hydrogen-bond donors (Lipinski definition) is 1. The van der Waals surface area contributed by atoms with Gasteiger partial charge in [0.25, 0.3) is 0 Å². The van der Waals surface area contributed by atoms with Crippen LogP contribution in [0, 0.1) is 6.92 Å². The second-order valence-corrected chi connectivity index (χ2v) is 5.54. The summed E-state index contributed by atoms with van der Waals surface area (Å²) in [4.78, 5) is 11.8. The van der Waals surface area contributed by atoms with Gasteiger partial charge >= 0.3 is 0 Å². The summed E-state index contributed by atoms with van der Waals surface area (Å²) in [6.07, 6.45) is 1.42. The van der Waals surface area contributed by atoms with Crippen molar-refractivity contribution in [3.8, 4) is 0 Å². The van der Waals surface area contributed by atoms with Crippen LogP contribution in [0.15, 0.2) is 30.6 Å². The highest BCUT2D eigenvalue weighted by Crippen LogP contribution is 2.22. The second kappa shape index (κ2) is 5.81. The van der Waals surface area contributed by atoms with Crippen LogP contribution in [0.2, 0.25) is 0 Å². The predicted octanol–water partition coefficient (Wildman–Crippen LogP) is 1.08. The molecule has 2 rings (SSSR count). The first kappa shape index (κ1) is 14.2. The Morgan fingerprint density at radius 3 is 2.85 bits per heavy atom. The van der Waals surface area contributed by atoms with E-state index in [0.717, 1.165) is 0 Å². The maximum atomic E-state index is 11.8. The van der Waals surface area contributed by atoms with E-state index in [1.54, 1.807) is 0 Å². The number of aryl methyl sites for hydroxylation is 1. The smallest absolute Gasteiger partial charge is 0.241 e. The Morgan fingerprint density at radius 2 is 2.20 bits per heavy atom. The molecule has 0 fully saturated rings. The Kier molecular flexibility index (Phi) is 4.12. The van der Waals surface area contributed by atoms with Crippen LogP contribution in [-0.2, 0) is 16.8 Å². The van der Waals surface area contributed by atoms with Crippen molar-refractivity contribution in [1.82, 2.24) is 25.5 Å². The molecule has 0 bridgehead atoms. The SMILES string of the molecule is Cc1cccc(C(C)(C)CNC(=O)Cn2cnnn2)c1. The van der Waals surface area contributed by atoms with E-state index in [4.69, 9.17) is 0 Å². The van der Waals surface area contributed by atoms with Gasteiger partial charge in [-0.1, -0.05) is 43.7 Å². The van der Waals surface area contributed by atoms with Gasteiger partial charge in [0.15, 0.2) is 0 Å². The molecule has 2 aromatic rings. The van der Waals surface area contributed by atoms with Gasteiger partial charge in [-0.3, -0.25) is 4.79 Å². The average Bonchev–Trinajstić information content (AvgIpc) is 2.89. The van der Waals surface area contributed by atoms with Crippen molar-refractivity contribution in [2.45, 2.75) is 32.7 Å². The van der Waals surface area contributed by atoms with E-state index in [9.17, 15) is 4.79 Å². The van der Waals surface area contributed by atoms with Crippen molar-refractivity contribution >= 4 is 5.91 Å². The number of amides is 1. The number of nitrogens with zero attached hydrogens (tertiary/aromatic N) is 4. The van der Waals surface area contributed by atoms with E-state index in [2.05, 4.69) is 59.8 Å². The average molecular weight is 273 g/mol. The molecule has 0 radical (unpaired) electrons. The Labute approximate surface area is 118 Å². The molecule has 0 unspecified atom stereocenters. The molecule has 0 saturated carbocycles. The van der Waals surface area contributed by atoms with E-state index in [-0.39, 0.29) is 17.9 Å². The monoisotopic (exact) mass is 273 g/mol. The molecule has 0 aliphatic rings. The quantitative estimate of drug-likeness (QED) is 0.884. The van der Waals surface area contributed by atoms with Crippen molar-refractivity contribution in [3.63, 3.8) is 0 Å². The zero-order valence-electron chi connectivity index (χ0n) is 12.0. The fourth-order valence-electron chi connectivity index (χ4n) is 1.94. The van der Waals surface area contributed by atoms with Gasteiger partial charge in [0, 0.05) is 12.0 Å². The van der Waals surface area contributed by atoms with E-state index >= 15 is 0 Å². The second-order valence-electron chi connectivity index (χ2n) is 5.54. The van der Waals surface area contributed by atoms with Gasteiger partial charge < -0.3 is 5.32 Å². The molecule has 1 aromatic carbocycles. The van der Waals surface area contributed by atoms with Crippen molar-refractivity contribution in [1.29, 1.82) is 0 Å². The van der Waals surface area contributed by atoms with Crippen LogP contribution in [0.25, 0.3) is 0 Å². The molecule has 6 heteroatoms. The summed E-state index contributed by atoms with van der Waals surface area (Å²) in [6, 6.07) is 8.33. The van der Waals surface area contributed by atoms with Gasteiger partial charge in [0.05, 0.1) is 0 Å². The fraction of sp³-hybridized carbons (Fsp3) is 0.429. The molecule has 1 N–H and O–H groups in total. The molecule has 1 amide bonds. The summed E-state index contributed by atoms with van der Waals surface area (Å²) >= 11 is 0. The molecule has 0 atom stereocenters. The van der Waals surface area contributed by atoms with Crippen LogP contribution < -0.4 is 5.32 Å². The van der Waals surface area contributed by atoms with E-state index in [1.165, 1.54) is 22.1 Å². The molecule has 0 aliphatic heterocycles. The maximum absolute atomic E-state index is 11.8. The lowest BCUT2D eigenvalue weighted by molar-refractivity contribution is -0.122. The Balaban J connectivity index is 1.93. The summed E-state index contributed by atoms with van der Waals surface area (Å²) in [6.45, 7) is 6.99. The standard InChI is InChI=1S/C14H19N5O/c1-11-5-4-6-12(7-11)14(2,3)9-15-13(20)8-19-10-16-17-18-19/h4-7,10H,8-9H2,1-3H3,(H,15,20). The largest absolute Gasteiger partial charge is 0.354 e. The van der Waals surface area contributed by atoms with E-state index < -0.39 is 0 Å². The number of rotatable bonds is 5. The lowest BCUT2D eigenvalue weighted by Crippen LogP contribution is -2.38. The first-order valence-corrected chi connectivity index (χ1v) is 6.52. The zero-order valence-corrected chi connectivity index (χ0v) is 12.0. The third-order valence-electron chi connectivity index (χ3n) is 3.22. The highest BCUT2D eigenvalue weighted by molar-refractivity contribution is 5.75. The molecule has 20 heavy (non-hydrogen) atoms. The number of hydrogen-bond acceptors (Lipinski definition) is 4. The van der Waals surface area contributed by atoms with E-state index in [1.807, 2.05) is 6.07 Å². The highest BCUT2D eigenvalue weighted by Gasteiger charge is 2.21. The topological polar surface area (TPSA) is 72.7 Å². The van der Waals surface area contributed by atoms with Crippen LogP contribution in [0.5, 0.6) is 0 Å². The number of tetrazole rings is 1. The fourth-order valence-corrected chi connectivity index (χ4v) is 1.94. The molecular weight excluding hydrogens is 254 g/mol. The first-order valence-electron chi connectivity index (χ1n) is 6.52. The van der Waals surface area contributed by atoms with Crippen molar-refractivity contribution in [2.24, 2.45) is 0 Å². The van der Waals surface area contributed by atoms with Gasteiger partial charge in [-0.05, 0) is 22.9 Å². The van der Waals surface area contributed by atoms with Crippen molar-refractivity contribution in [2.75, 3.05) is 6.54 Å². The Hall–Kier alpha value is -2.24. The van der Waals surface area contributed by atoms with Crippen LogP contribution in [0.1, 0.15) is 25.0 Å². The summed E-state index contributed by atoms with van der Waals surface area (Å²) in [5.41, 5.74) is 2.30. The van der Waals surface area contributed by atoms with Crippen molar-refractivity contribution < 1.29 is 4.79 Å².